The van der Waals surface area contributed by atoms with E-state index in [2.05, 4.69) is 5.16 Å². The molecule has 17 heavy (non-hydrogen) atoms. The average Bonchev–Trinajstić information content (AvgIpc) is 2.25. The highest BCUT2D eigenvalue weighted by Crippen LogP contribution is 2.17. The highest BCUT2D eigenvalue weighted by atomic mass is 32.2. The molecule has 0 spiro atoms. The van der Waals surface area contributed by atoms with Crippen molar-refractivity contribution in [3.05, 3.63) is 35.4 Å². The van der Waals surface area contributed by atoms with Crippen LogP contribution in [0, 0.1) is 6.92 Å². The molecule has 0 aliphatic carbocycles. The van der Waals surface area contributed by atoms with Gasteiger partial charge in [-0.3, -0.25) is 0 Å². The van der Waals surface area contributed by atoms with Crippen molar-refractivity contribution in [1.82, 2.24) is 0 Å². The Morgan fingerprint density at radius 2 is 2.00 bits per heavy atom. The molecule has 94 valence electrons. The van der Waals surface area contributed by atoms with Gasteiger partial charge in [0.2, 0.25) is 0 Å². The zero-order valence-corrected chi connectivity index (χ0v) is 11.0. The van der Waals surface area contributed by atoms with Crippen LogP contribution in [-0.2, 0) is 9.84 Å². The van der Waals surface area contributed by atoms with Crippen LogP contribution in [0.4, 0.5) is 0 Å². The predicted octanol–water partition coefficient (Wildman–Crippen LogP) is 2.00. The van der Waals surface area contributed by atoms with E-state index in [-0.39, 0.29) is 5.71 Å². The molecule has 1 aromatic rings. The Morgan fingerprint density at radius 1 is 1.41 bits per heavy atom. The molecule has 0 saturated heterocycles. The molecule has 0 aromatic heterocycles. The molecule has 0 saturated carbocycles. The Kier molecular flexibility index (Phi) is 4.28. The maximum absolute atomic E-state index is 11.7. The summed E-state index contributed by atoms with van der Waals surface area (Å²) in [6, 6.07) is 7.27. The molecule has 0 unspecified atom stereocenters. The fraction of sp³-hybridized carbons (Fsp3) is 0.417. The summed E-state index contributed by atoms with van der Waals surface area (Å²) in [6.07, 6.45) is 1.54. The van der Waals surface area contributed by atoms with Crippen LogP contribution in [0.25, 0.3) is 0 Å². The summed E-state index contributed by atoms with van der Waals surface area (Å²) in [4.78, 5) is 0. The topological polar surface area (TPSA) is 66.7 Å². The number of hydrogen-bond donors (Lipinski definition) is 1. The van der Waals surface area contributed by atoms with E-state index in [1.165, 1.54) is 0 Å². The highest BCUT2D eigenvalue weighted by molar-refractivity contribution is 7.92. The van der Waals surface area contributed by atoms with E-state index < -0.39 is 15.1 Å². The van der Waals surface area contributed by atoms with Crippen molar-refractivity contribution in [3.8, 4) is 0 Å². The summed E-state index contributed by atoms with van der Waals surface area (Å²) in [5, 5.41) is 11.5. The van der Waals surface area contributed by atoms with Gasteiger partial charge in [-0.1, -0.05) is 36.3 Å². The maximum Gasteiger partial charge on any atom is 0.156 e. The minimum Gasteiger partial charge on any atom is -0.411 e. The summed E-state index contributed by atoms with van der Waals surface area (Å²) in [5.41, 5.74) is 1.78. The van der Waals surface area contributed by atoms with Crippen molar-refractivity contribution < 1.29 is 13.6 Å². The van der Waals surface area contributed by atoms with Crippen molar-refractivity contribution in [2.24, 2.45) is 5.16 Å². The lowest BCUT2D eigenvalue weighted by Gasteiger charge is -2.16. The molecule has 0 radical (unpaired) electrons. The third kappa shape index (κ3) is 3.06. The van der Waals surface area contributed by atoms with Crippen LogP contribution in [0.1, 0.15) is 24.5 Å². The van der Waals surface area contributed by atoms with Gasteiger partial charge in [-0.05, 0) is 18.9 Å². The molecule has 0 aliphatic rings. The SMILES string of the molecule is CC[C@H](/C(=N\O)c1ccccc1C)S(C)(=O)=O. The molecule has 0 fully saturated rings. The van der Waals surface area contributed by atoms with Crippen molar-refractivity contribution in [2.75, 3.05) is 6.26 Å². The quantitative estimate of drug-likeness (QED) is 0.508. The van der Waals surface area contributed by atoms with Gasteiger partial charge in [0.1, 0.15) is 11.0 Å². The normalized spacial score (nSPS) is 14.6. The fourth-order valence-electron chi connectivity index (χ4n) is 1.85. The van der Waals surface area contributed by atoms with Crippen LogP contribution in [-0.4, -0.2) is 30.8 Å². The predicted molar refractivity (Wildman–Crippen MR) is 68.4 cm³/mol. The number of oxime groups is 1. The molecular formula is C12H17NO3S. The first-order chi connectivity index (χ1) is 7.91. The molecule has 0 heterocycles. The minimum atomic E-state index is -3.28. The fourth-order valence-corrected chi connectivity index (χ4v) is 3.04. The molecule has 0 amide bonds. The van der Waals surface area contributed by atoms with Gasteiger partial charge in [-0.25, -0.2) is 8.42 Å². The van der Waals surface area contributed by atoms with Gasteiger partial charge in [0.25, 0.3) is 0 Å². The lowest BCUT2D eigenvalue weighted by atomic mass is 10.0. The lowest BCUT2D eigenvalue weighted by Crippen LogP contribution is -2.30. The van der Waals surface area contributed by atoms with E-state index in [0.29, 0.717) is 12.0 Å². The summed E-state index contributed by atoms with van der Waals surface area (Å²) >= 11 is 0. The number of rotatable bonds is 4. The van der Waals surface area contributed by atoms with Crippen LogP contribution in [0.3, 0.4) is 0 Å². The largest absolute Gasteiger partial charge is 0.411 e. The van der Waals surface area contributed by atoms with Gasteiger partial charge < -0.3 is 5.21 Å². The number of sulfone groups is 1. The summed E-state index contributed by atoms with van der Waals surface area (Å²) in [6.45, 7) is 3.62. The molecule has 1 atom stereocenters. The standard InChI is InChI=1S/C12H17NO3S/c1-4-11(17(3,15)16)12(13-14)10-8-6-5-7-9(10)2/h5-8,11,14H,4H2,1-3H3/b13-12-/t11-/m1/s1. The first-order valence-corrected chi connectivity index (χ1v) is 7.34. The van der Waals surface area contributed by atoms with E-state index >= 15 is 0 Å². The van der Waals surface area contributed by atoms with Crippen LogP contribution >= 0.6 is 0 Å². The second-order valence-corrected chi connectivity index (χ2v) is 6.25. The van der Waals surface area contributed by atoms with Gasteiger partial charge in [-0.15, -0.1) is 0 Å². The molecule has 1 N–H and O–H groups in total. The van der Waals surface area contributed by atoms with Crippen LogP contribution < -0.4 is 0 Å². The second kappa shape index (κ2) is 5.31. The molecular weight excluding hydrogens is 238 g/mol. The smallest absolute Gasteiger partial charge is 0.156 e. The van der Waals surface area contributed by atoms with Crippen LogP contribution in [0.2, 0.25) is 0 Å². The molecule has 1 aromatic carbocycles. The zero-order valence-electron chi connectivity index (χ0n) is 10.2. The Morgan fingerprint density at radius 3 is 2.41 bits per heavy atom. The van der Waals surface area contributed by atoms with E-state index in [1.807, 2.05) is 19.1 Å². The van der Waals surface area contributed by atoms with Gasteiger partial charge in [-0.2, -0.15) is 0 Å². The number of aryl methyl sites for hydroxylation is 1. The van der Waals surface area contributed by atoms with Crippen LogP contribution in [0.15, 0.2) is 29.4 Å². The third-order valence-electron chi connectivity index (χ3n) is 2.72. The zero-order chi connectivity index (χ0) is 13.1. The molecule has 1 rings (SSSR count). The Bertz CT molecular complexity index is 520. The number of nitrogens with zero attached hydrogens (tertiary/aromatic N) is 1. The Balaban J connectivity index is 3.31. The van der Waals surface area contributed by atoms with Crippen molar-refractivity contribution in [3.63, 3.8) is 0 Å². The van der Waals surface area contributed by atoms with E-state index in [4.69, 9.17) is 5.21 Å². The molecule has 0 aliphatic heterocycles. The maximum atomic E-state index is 11.7. The first kappa shape index (κ1) is 13.7. The minimum absolute atomic E-state index is 0.216. The Labute approximate surface area is 102 Å². The second-order valence-electron chi connectivity index (χ2n) is 4.03. The van der Waals surface area contributed by atoms with Crippen LogP contribution in [0.5, 0.6) is 0 Å². The van der Waals surface area contributed by atoms with Crippen molar-refractivity contribution >= 4 is 15.5 Å². The number of benzene rings is 1. The number of hydrogen-bond acceptors (Lipinski definition) is 4. The van der Waals surface area contributed by atoms with E-state index in [1.54, 1.807) is 19.1 Å². The van der Waals surface area contributed by atoms with E-state index in [0.717, 1.165) is 11.8 Å². The summed E-state index contributed by atoms with van der Waals surface area (Å²) < 4.78 is 23.3. The lowest BCUT2D eigenvalue weighted by molar-refractivity contribution is 0.318. The van der Waals surface area contributed by atoms with Crippen molar-refractivity contribution in [1.29, 1.82) is 0 Å². The van der Waals surface area contributed by atoms with Gasteiger partial charge >= 0.3 is 0 Å². The van der Waals surface area contributed by atoms with Gasteiger partial charge in [0.05, 0.1) is 0 Å². The molecule has 5 heteroatoms. The van der Waals surface area contributed by atoms with Crippen molar-refractivity contribution in [2.45, 2.75) is 25.5 Å². The summed E-state index contributed by atoms with van der Waals surface area (Å²) in [7, 11) is -3.28. The monoisotopic (exact) mass is 255 g/mol. The van der Waals surface area contributed by atoms with E-state index in [9.17, 15) is 8.42 Å². The average molecular weight is 255 g/mol. The molecule has 4 nitrogen and oxygen atoms in total. The molecule has 0 bridgehead atoms. The third-order valence-corrected chi connectivity index (χ3v) is 4.31. The Hall–Kier alpha value is -1.36. The van der Waals surface area contributed by atoms with Gasteiger partial charge in [0.15, 0.2) is 9.84 Å². The first-order valence-electron chi connectivity index (χ1n) is 5.38. The van der Waals surface area contributed by atoms with Gasteiger partial charge in [0, 0.05) is 11.8 Å². The summed E-state index contributed by atoms with van der Waals surface area (Å²) in [5.74, 6) is 0. The highest BCUT2D eigenvalue weighted by Gasteiger charge is 2.27.